The van der Waals surface area contributed by atoms with Crippen LogP contribution in [0.2, 0.25) is 0 Å². The molecule has 1 saturated carbocycles. The Kier molecular flexibility index (Phi) is 6.00. The highest BCUT2D eigenvalue weighted by molar-refractivity contribution is 5.54. The van der Waals surface area contributed by atoms with Crippen LogP contribution in [-0.2, 0) is 20.9 Å². The van der Waals surface area contributed by atoms with Gasteiger partial charge in [-0.1, -0.05) is 30.5 Å². The third-order valence-electron chi connectivity index (χ3n) is 4.61. The summed E-state index contributed by atoms with van der Waals surface area (Å²) in [7, 11) is 0. The fraction of sp³-hybridized carbons (Fsp3) is 0.500. The van der Waals surface area contributed by atoms with Crippen LogP contribution in [0, 0.1) is 13.8 Å². The number of oxazole rings is 1. The number of ether oxygens (including phenoxy) is 2. The van der Waals surface area contributed by atoms with Crippen molar-refractivity contribution in [2.45, 2.75) is 58.3 Å². The predicted molar refractivity (Wildman–Crippen MR) is 94.3 cm³/mol. The normalized spacial score (nSPS) is 20.6. The van der Waals surface area contributed by atoms with Crippen LogP contribution in [0.15, 0.2) is 28.7 Å². The Morgan fingerprint density at radius 1 is 1.20 bits per heavy atom. The van der Waals surface area contributed by atoms with Crippen molar-refractivity contribution in [3.05, 3.63) is 41.3 Å². The second-order valence-electron chi connectivity index (χ2n) is 6.56. The topological polar surface area (TPSA) is 61.6 Å². The molecular formula is C20H25NO4. The number of aromatic nitrogens is 1. The Hall–Kier alpha value is -1.98. The number of aryl methyl sites for hydroxylation is 2. The van der Waals surface area contributed by atoms with Crippen LogP contribution in [0.5, 0.6) is 0 Å². The third kappa shape index (κ3) is 4.55. The molecule has 1 aromatic heterocycles. The second kappa shape index (κ2) is 8.41. The van der Waals surface area contributed by atoms with Gasteiger partial charge in [0.25, 0.3) is 0 Å². The van der Waals surface area contributed by atoms with E-state index in [1.54, 1.807) is 0 Å². The predicted octanol–water partition coefficient (Wildman–Crippen LogP) is 4.00. The van der Waals surface area contributed by atoms with Crippen LogP contribution in [-0.4, -0.2) is 30.1 Å². The van der Waals surface area contributed by atoms with Crippen LogP contribution >= 0.6 is 0 Å². The van der Waals surface area contributed by atoms with Gasteiger partial charge in [-0.05, 0) is 38.8 Å². The minimum atomic E-state index is -0.0117. The Bertz CT molecular complexity index is 709. The number of carbonyl (C=O) groups excluding carboxylic acids is 1. The van der Waals surface area contributed by atoms with Gasteiger partial charge in [-0.3, -0.25) is 0 Å². The van der Waals surface area contributed by atoms with Crippen LogP contribution in [0.4, 0.5) is 0 Å². The van der Waals surface area contributed by atoms with Crippen molar-refractivity contribution in [1.29, 1.82) is 0 Å². The van der Waals surface area contributed by atoms with Crippen molar-refractivity contribution >= 4 is 6.29 Å². The standard InChI is InChI=1S/C20H25NO4/c1-14-6-5-7-16(12-14)20-21-17(15(2)25-20)13-24-19-9-4-3-8-18(19)23-11-10-22/h5-7,10,12,18-19H,3-4,8-9,11,13H2,1-2H3. The van der Waals surface area contributed by atoms with Gasteiger partial charge in [0, 0.05) is 5.56 Å². The fourth-order valence-electron chi connectivity index (χ4n) is 3.26. The van der Waals surface area contributed by atoms with E-state index in [1.807, 2.05) is 32.0 Å². The zero-order valence-corrected chi connectivity index (χ0v) is 14.9. The van der Waals surface area contributed by atoms with Crippen LogP contribution < -0.4 is 0 Å². The van der Waals surface area contributed by atoms with Gasteiger partial charge in [-0.15, -0.1) is 0 Å². The number of benzene rings is 1. The number of rotatable bonds is 7. The lowest BCUT2D eigenvalue weighted by Crippen LogP contribution is -2.35. The van der Waals surface area contributed by atoms with Gasteiger partial charge in [0.1, 0.15) is 24.3 Å². The number of nitrogens with zero attached hydrogens (tertiary/aromatic N) is 1. The molecule has 5 nitrogen and oxygen atoms in total. The molecule has 0 aliphatic heterocycles. The maximum absolute atomic E-state index is 10.6. The summed E-state index contributed by atoms with van der Waals surface area (Å²) in [4.78, 5) is 15.2. The molecule has 2 unspecified atom stereocenters. The molecule has 1 aliphatic carbocycles. The molecule has 134 valence electrons. The Labute approximate surface area is 148 Å². The van der Waals surface area contributed by atoms with E-state index >= 15 is 0 Å². The Morgan fingerprint density at radius 3 is 2.68 bits per heavy atom. The molecule has 0 saturated heterocycles. The molecule has 0 N–H and O–H groups in total. The van der Waals surface area contributed by atoms with Crippen LogP contribution in [0.3, 0.4) is 0 Å². The van der Waals surface area contributed by atoms with Gasteiger partial charge in [-0.25, -0.2) is 4.98 Å². The summed E-state index contributed by atoms with van der Waals surface area (Å²) in [6.45, 7) is 4.48. The lowest BCUT2D eigenvalue weighted by atomic mass is 9.94. The first-order valence-electron chi connectivity index (χ1n) is 8.87. The second-order valence-corrected chi connectivity index (χ2v) is 6.56. The quantitative estimate of drug-likeness (QED) is 0.711. The van der Waals surface area contributed by atoms with Crippen molar-refractivity contribution in [2.24, 2.45) is 0 Å². The molecule has 25 heavy (non-hydrogen) atoms. The summed E-state index contributed by atoms with van der Waals surface area (Å²) >= 11 is 0. The molecule has 0 spiro atoms. The van der Waals surface area contributed by atoms with Gasteiger partial charge < -0.3 is 18.7 Å². The molecule has 3 rings (SSSR count). The van der Waals surface area contributed by atoms with E-state index in [4.69, 9.17) is 13.9 Å². The fourth-order valence-corrected chi connectivity index (χ4v) is 3.26. The van der Waals surface area contributed by atoms with Gasteiger partial charge in [0.2, 0.25) is 5.89 Å². The zero-order valence-electron chi connectivity index (χ0n) is 14.9. The zero-order chi connectivity index (χ0) is 17.6. The maximum Gasteiger partial charge on any atom is 0.226 e. The van der Waals surface area contributed by atoms with Crippen molar-refractivity contribution < 1.29 is 18.7 Å². The molecule has 0 bridgehead atoms. The lowest BCUT2D eigenvalue weighted by Gasteiger charge is -2.30. The Balaban J connectivity index is 1.65. The molecule has 1 aromatic carbocycles. The number of aldehydes is 1. The summed E-state index contributed by atoms with van der Waals surface area (Å²) in [5.41, 5.74) is 2.96. The first-order valence-corrected chi connectivity index (χ1v) is 8.87. The summed E-state index contributed by atoms with van der Waals surface area (Å²) in [6, 6.07) is 8.09. The third-order valence-corrected chi connectivity index (χ3v) is 4.61. The summed E-state index contributed by atoms with van der Waals surface area (Å²) in [5.74, 6) is 1.40. The van der Waals surface area contributed by atoms with Crippen LogP contribution in [0.1, 0.15) is 42.7 Å². The lowest BCUT2D eigenvalue weighted by molar-refractivity contribution is -0.124. The molecule has 2 atom stereocenters. The first-order chi connectivity index (χ1) is 12.2. The van der Waals surface area contributed by atoms with E-state index in [0.29, 0.717) is 12.5 Å². The molecule has 1 aliphatic rings. The first kappa shape index (κ1) is 17.8. The van der Waals surface area contributed by atoms with E-state index in [2.05, 4.69) is 11.1 Å². The number of hydrogen-bond acceptors (Lipinski definition) is 5. The largest absolute Gasteiger partial charge is 0.441 e. The maximum atomic E-state index is 10.6. The minimum absolute atomic E-state index is 0.00668. The minimum Gasteiger partial charge on any atom is -0.441 e. The van der Waals surface area contributed by atoms with Crippen molar-refractivity contribution in [1.82, 2.24) is 4.98 Å². The highest BCUT2D eigenvalue weighted by Crippen LogP contribution is 2.27. The molecule has 1 fully saturated rings. The van der Waals surface area contributed by atoms with E-state index < -0.39 is 0 Å². The van der Waals surface area contributed by atoms with Gasteiger partial charge >= 0.3 is 0 Å². The summed E-state index contributed by atoms with van der Waals surface area (Å²) < 4.78 is 17.5. The molecule has 0 amide bonds. The van der Waals surface area contributed by atoms with Gasteiger partial charge in [0.05, 0.1) is 18.8 Å². The average Bonchev–Trinajstić information content (AvgIpc) is 3.00. The van der Waals surface area contributed by atoms with Crippen molar-refractivity contribution in [3.8, 4) is 11.5 Å². The molecule has 2 aromatic rings. The van der Waals surface area contributed by atoms with Crippen molar-refractivity contribution in [3.63, 3.8) is 0 Å². The summed E-state index contributed by atoms with van der Waals surface area (Å²) in [6.07, 6.45) is 4.91. The number of carbonyl (C=O) groups is 1. The van der Waals surface area contributed by atoms with Crippen LogP contribution in [0.25, 0.3) is 11.5 Å². The molecular weight excluding hydrogens is 318 g/mol. The summed E-state index contributed by atoms with van der Waals surface area (Å²) in [5, 5.41) is 0. The van der Waals surface area contributed by atoms with E-state index in [9.17, 15) is 4.79 Å². The smallest absolute Gasteiger partial charge is 0.226 e. The van der Waals surface area contributed by atoms with Crippen molar-refractivity contribution in [2.75, 3.05) is 6.61 Å². The number of hydrogen-bond donors (Lipinski definition) is 0. The molecule has 5 heteroatoms. The van der Waals surface area contributed by atoms with E-state index in [-0.39, 0.29) is 18.8 Å². The highest BCUT2D eigenvalue weighted by Gasteiger charge is 2.27. The highest BCUT2D eigenvalue weighted by atomic mass is 16.5. The van der Waals surface area contributed by atoms with Gasteiger partial charge in [-0.2, -0.15) is 0 Å². The molecule has 1 heterocycles. The average molecular weight is 343 g/mol. The monoisotopic (exact) mass is 343 g/mol. The Morgan fingerprint density at radius 2 is 1.96 bits per heavy atom. The van der Waals surface area contributed by atoms with Gasteiger partial charge in [0.15, 0.2) is 0 Å². The SMILES string of the molecule is Cc1cccc(-c2nc(COC3CCCCC3OCC=O)c(C)o2)c1. The van der Waals surface area contributed by atoms with E-state index in [0.717, 1.165) is 49.0 Å². The van der Waals surface area contributed by atoms with E-state index in [1.165, 1.54) is 5.56 Å². The molecule has 0 radical (unpaired) electrons.